The van der Waals surface area contributed by atoms with Gasteiger partial charge in [0.1, 0.15) is 19.0 Å². The van der Waals surface area contributed by atoms with E-state index in [9.17, 15) is 0 Å². The molecule has 54 valence electrons. The summed E-state index contributed by atoms with van der Waals surface area (Å²) in [6.45, 7) is -0.00704. The molecule has 0 aliphatic carbocycles. The first kappa shape index (κ1) is 6.95. The lowest BCUT2D eigenvalue weighted by Gasteiger charge is -2.09. The van der Waals surface area contributed by atoms with Crippen molar-refractivity contribution in [3.63, 3.8) is 0 Å². The highest BCUT2D eigenvalue weighted by atomic mass is 16.7. The predicted molar refractivity (Wildman–Crippen MR) is 28.8 cm³/mol. The second-order valence-corrected chi connectivity index (χ2v) is 1.89. The summed E-state index contributed by atoms with van der Waals surface area (Å²) in [4.78, 5) is 0. The van der Waals surface area contributed by atoms with Gasteiger partial charge in [-0.05, 0) is 0 Å². The van der Waals surface area contributed by atoms with Crippen LogP contribution in [0.3, 0.4) is 0 Å². The molecule has 1 aliphatic heterocycles. The molecule has 0 spiro atoms. The molecule has 2 N–H and O–H groups in total. The Kier molecular flexibility index (Phi) is 2.41. The van der Waals surface area contributed by atoms with E-state index in [-0.39, 0.29) is 32.2 Å². The second kappa shape index (κ2) is 3.12. The zero-order valence-electron chi connectivity index (χ0n) is 4.99. The van der Waals surface area contributed by atoms with E-state index >= 15 is 0 Å². The summed E-state index contributed by atoms with van der Waals surface area (Å²) in [5, 5.41) is 17.1. The molecular formula is C5H10O4. The molecular weight excluding hydrogens is 124 g/mol. The van der Waals surface area contributed by atoms with E-state index in [0.29, 0.717) is 0 Å². The maximum atomic E-state index is 8.55. The molecule has 1 rings (SSSR count). The van der Waals surface area contributed by atoms with Crippen LogP contribution in [0.15, 0.2) is 0 Å². The van der Waals surface area contributed by atoms with Gasteiger partial charge >= 0.3 is 0 Å². The van der Waals surface area contributed by atoms with E-state index in [4.69, 9.17) is 19.7 Å². The van der Waals surface area contributed by atoms with E-state index in [1.165, 1.54) is 0 Å². The Labute approximate surface area is 53.0 Å². The highest BCUT2D eigenvalue weighted by Gasteiger charge is 2.27. The molecule has 2 atom stereocenters. The fraction of sp³-hybridized carbons (Fsp3) is 1.00. The lowest BCUT2D eigenvalue weighted by molar-refractivity contribution is 0.0234. The average molecular weight is 134 g/mol. The number of hydrogen-bond acceptors (Lipinski definition) is 4. The lowest BCUT2D eigenvalue weighted by Crippen LogP contribution is -2.29. The first-order valence-electron chi connectivity index (χ1n) is 2.83. The van der Waals surface area contributed by atoms with Crippen molar-refractivity contribution in [3.05, 3.63) is 0 Å². The normalized spacial score (nSPS) is 35.3. The van der Waals surface area contributed by atoms with Crippen LogP contribution in [0.25, 0.3) is 0 Å². The van der Waals surface area contributed by atoms with Gasteiger partial charge in [0, 0.05) is 0 Å². The predicted octanol–water partition coefficient (Wildman–Crippen LogP) is -1.29. The van der Waals surface area contributed by atoms with Crippen LogP contribution in [0, 0.1) is 0 Å². The number of hydrogen-bond donors (Lipinski definition) is 2. The third-order valence-corrected chi connectivity index (χ3v) is 1.34. The van der Waals surface area contributed by atoms with Gasteiger partial charge in [0.05, 0.1) is 13.2 Å². The monoisotopic (exact) mass is 134 g/mol. The average Bonchev–Trinajstić information content (AvgIpc) is 2.33. The molecule has 0 unspecified atom stereocenters. The molecule has 1 saturated heterocycles. The van der Waals surface area contributed by atoms with Gasteiger partial charge in [0.25, 0.3) is 0 Å². The summed E-state index contributed by atoms with van der Waals surface area (Å²) in [7, 11) is 0. The quantitative estimate of drug-likeness (QED) is 0.493. The van der Waals surface area contributed by atoms with Crippen molar-refractivity contribution in [1.29, 1.82) is 0 Å². The maximum Gasteiger partial charge on any atom is 0.147 e. The second-order valence-electron chi connectivity index (χ2n) is 1.89. The van der Waals surface area contributed by atoms with Crippen molar-refractivity contribution in [2.75, 3.05) is 20.0 Å². The fourth-order valence-corrected chi connectivity index (χ4v) is 0.769. The molecule has 0 radical (unpaired) electrons. The molecule has 0 saturated carbocycles. The Morgan fingerprint density at radius 3 is 1.89 bits per heavy atom. The lowest BCUT2D eigenvalue weighted by atomic mass is 10.2. The summed E-state index contributed by atoms with van der Waals surface area (Å²) in [5.41, 5.74) is 0. The van der Waals surface area contributed by atoms with Crippen LogP contribution in [-0.2, 0) is 9.47 Å². The number of aliphatic hydroxyl groups is 2. The Balaban J connectivity index is 2.32. The molecule has 0 amide bonds. The third kappa shape index (κ3) is 1.40. The molecule has 0 aromatic rings. The summed E-state index contributed by atoms with van der Waals surface area (Å²) >= 11 is 0. The van der Waals surface area contributed by atoms with Gasteiger partial charge in [-0.25, -0.2) is 0 Å². The van der Waals surface area contributed by atoms with E-state index in [2.05, 4.69) is 0 Å². The molecule has 0 aromatic carbocycles. The Morgan fingerprint density at radius 1 is 1.11 bits per heavy atom. The van der Waals surface area contributed by atoms with Crippen LogP contribution in [0.1, 0.15) is 0 Å². The zero-order valence-corrected chi connectivity index (χ0v) is 4.99. The third-order valence-electron chi connectivity index (χ3n) is 1.34. The molecule has 4 heteroatoms. The molecule has 1 heterocycles. The van der Waals surface area contributed by atoms with Crippen molar-refractivity contribution >= 4 is 0 Å². The summed E-state index contributed by atoms with van der Waals surface area (Å²) in [5.74, 6) is 0. The first-order valence-corrected chi connectivity index (χ1v) is 2.83. The number of ether oxygens (including phenoxy) is 2. The van der Waals surface area contributed by atoms with E-state index in [0.717, 1.165) is 0 Å². The van der Waals surface area contributed by atoms with Crippen molar-refractivity contribution in [2.24, 2.45) is 0 Å². The van der Waals surface area contributed by atoms with Crippen LogP contribution in [0.4, 0.5) is 0 Å². The minimum Gasteiger partial charge on any atom is -0.394 e. The Bertz CT molecular complexity index is 75.0. The van der Waals surface area contributed by atoms with E-state index in [1.807, 2.05) is 0 Å². The standard InChI is InChI=1S/C5H10O4/c6-1-4-5(2-7)9-3-8-4/h4-7H,1-3H2/t4-,5-/m1/s1. The first-order chi connectivity index (χ1) is 4.38. The number of aliphatic hydroxyl groups excluding tert-OH is 2. The van der Waals surface area contributed by atoms with E-state index in [1.54, 1.807) is 0 Å². The molecule has 0 aromatic heterocycles. The van der Waals surface area contributed by atoms with Crippen LogP contribution in [0.2, 0.25) is 0 Å². The van der Waals surface area contributed by atoms with Crippen LogP contribution in [-0.4, -0.2) is 42.4 Å². The van der Waals surface area contributed by atoms with Gasteiger partial charge in [-0.2, -0.15) is 0 Å². The van der Waals surface area contributed by atoms with Crippen molar-refractivity contribution in [2.45, 2.75) is 12.2 Å². The Morgan fingerprint density at radius 2 is 1.56 bits per heavy atom. The number of rotatable bonds is 2. The molecule has 1 fully saturated rings. The van der Waals surface area contributed by atoms with E-state index < -0.39 is 0 Å². The summed E-state index contributed by atoms with van der Waals surface area (Å²) in [6, 6.07) is 0. The highest BCUT2D eigenvalue weighted by Crippen LogP contribution is 2.10. The fourth-order valence-electron chi connectivity index (χ4n) is 0.769. The van der Waals surface area contributed by atoms with Gasteiger partial charge in [-0.15, -0.1) is 0 Å². The highest BCUT2D eigenvalue weighted by molar-refractivity contribution is 4.71. The zero-order chi connectivity index (χ0) is 6.69. The van der Waals surface area contributed by atoms with Crippen LogP contribution in [0.5, 0.6) is 0 Å². The topological polar surface area (TPSA) is 58.9 Å². The smallest absolute Gasteiger partial charge is 0.147 e. The van der Waals surface area contributed by atoms with Crippen molar-refractivity contribution in [1.82, 2.24) is 0 Å². The van der Waals surface area contributed by atoms with Crippen molar-refractivity contribution in [3.8, 4) is 0 Å². The molecule has 1 aliphatic rings. The Hall–Kier alpha value is -0.160. The maximum absolute atomic E-state index is 8.55. The van der Waals surface area contributed by atoms with Gasteiger partial charge < -0.3 is 19.7 Å². The van der Waals surface area contributed by atoms with Gasteiger partial charge in [-0.1, -0.05) is 0 Å². The molecule has 4 nitrogen and oxygen atoms in total. The minimum atomic E-state index is -0.338. The minimum absolute atomic E-state index is 0.0920. The summed E-state index contributed by atoms with van der Waals surface area (Å²) in [6.07, 6.45) is -0.676. The largest absolute Gasteiger partial charge is 0.394 e. The van der Waals surface area contributed by atoms with Gasteiger partial charge in [-0.3, -0.25) is 0 Å². The van der Waals surface area contributed by atoms with Crippen LogP contribution < -0.4 is 0 Å². The molecule has 9 heavy (non-hydrogen) atoms. The van der Waals surface area contributed by atoms with Gasteiger partial charge in [0.15, 0.2) is 0 Å². The summed E-state index contributed by atoms with van der Waals surface area (Å²) < 4.78 is 9.75. The van der Waals surface area contributed by atoms with Gasteiger partial charge in [0.2, 0.25) is 0 Å². The molecule has 0 bridgehead atoms. The van der Waals surface area contributed by atoms with Crippen LogP contribution >= 0.6 is 0 Å². The SMILES string of the molecule is OC[C@H]1OCO[C@@H]1CO. The van der Waals surface area contributed by atoms with Crippen molar-refractivity contribution < 1.29 is 19.7 Å².